The fourth-order valence-corrected chi connectivity index (χ4v) is 2.42. The van der Waals surface area contributed by atoms with Crippen molar-refractivity contribution < 1.29 is 0 Å². The monoisotopic (exact) mass is 257 g/mol. The summed E-state index contributed by atoms with van der Waals surface area (Å²) in [5.41, 5.74) is 1.26. The van der Waals surface area contributed by atoms with Crippen molar-refractivity contribution >= 4 is 33.1 Å². The molecule has 0 aromatic carbocycles. The van der Waals surface area contributed by atoms with Gasteiger partial charge in [0.25, 0.3) is 0 Å². The molecule has 0 radical (unpaired) electrons. The Morgan fingerprint density at radius 1 is 1.54 bits per heavy atom. The minimum absolute atomic E-state index is 0.812. The lowest BCUT2D eigenvalue weighted by Crippen LogP contribution is -1.98. The van der Waals surface area contributed by atoms with Gasteiger partial charge in [0.15, 0.2) is 0 Å². The van der Waals surface area contributed by atoms with Crippen LogP contribution in [-0.2, 0) is 6.54 Å². The zero-order chi connectivity index (χ0) is 9.10. The molecule has 0 aliphatic heterocycles. The maximum Gasteiger partial charge on any atom is 0.123 e. The van der Waals surface area contributed by atoms with Crippen molar-refractivity contribution in [3.8, 4) is 0 Å². The zero-order valence-electron chi connectivity index (χ0n) is 6.75. The van der Waals surface area contributed by atoms with Crippen molar-refractivity contribution in [1.29, 1.82) is 0 Å². The molecule has 3 nitrogen and oxygen atoms in total. The maximum atomic E-state index is 3.92. The minimum atomic E-state index is 0.812. The largest absolute Gasteiger partial charge is 0.366 e. The Bertz CT molecular complexity index is 368. The summed E-state index contributed by atoms with van der Waals surface area (Å²) in [6.45, 7) is 0.812. The quantitative estimate of drug-likeness (QED) is 0.888. The molecule has 0 unspecified atom stereocenters. The molecule has 2 aromatic heterocycles. The van der Waals surface area contributed by atoms with Gasteiger partial charge in [-0.1, -0.05) is 0 Å². The van der Waals surface area contributed by atoms with E-state index >= 15 is 0 Å². The molecule has 5 heteroatoms. The average molecular weight is 258 g/mol. The summed E-state index contributed by atoms with van der Waals surface area (Å²) in [5.74, 6) is 0.943. The molecule has 2 heterocycles. The van der Waals surface area contributed by atoms with Crippen molar-refractivity contribution in [3.05, 3.63) is 33.3 Å². The van der Waals surface area contributed by atoms with Crippen molar-refractivity contribution in [3.63, 3.8) is 0 Å². The first kappa shape index (κ1) is 8.77. The fraction of sp³-hybridized carbons (Fsp3) is 0.125. The van der Waals surface area contributed by atoms with Gasteiger partial charge in [0.2, 0.25) is 0 Å². The van der Waals surface area contributed by atoms with Gasteiger partial charge < -0.3 is 10.3 Å². The molecule has 0 spiro atoms. The maximum absolute atomic E-state index is 3.92. The topological polar surface area (TPSA) is 40.7 Å². The Labute approximate surface area is 88.3 Å². The number of aromatic amines is 1. The van der Waals surface area contributed by atoms with Crippen LogP contribution in [0.3, 0.4) is 0 Å². The highest BCUT2D eigenvalue weighted by Gasteiger charge is 2.00. The van der Waals surface area contributed by atoms with Crippen LogP contribution in [0.2, 0.25) is 0 Å². The Morgan fingerprint density at radius 3 is 3.08 bits per heavy atom. The van der Waals surface area contributed by atoms with Gasteiger partial charge in [-0.15, -0.1) is 0 Å². The molecule has 0 bridgehead atoms. The third-order valence-corrected chi connectivity index (χ3v) is 3.49. The van der Waals surface area contributed by atoms with E-state index < -0.39 is 0 Å². The molecule has 2 N–H and O–H groups in total. The first-order valence-electron chi connectivity index (χ1n) is 3.79. The van der Waals surface area contributed by atoms with Gasteiger partial charge in [0, 0.05) is 16.4 Å². The molecular weight excluding hydrogens is 250 g/mol. The molecule has 0 saturated carbocycles. The number of nitrogens with one attached hydrogen (secondary N) is 2. The van der Waals surface area contributed by atoms with Gasteiger partial charge in [-0.05, 0) is 26.9 Å². The van der Waals surface area contributed by atoms with Crippen LogP contribution in [0.5, 0.6) is 0 Å². The van der Waals surface area contributed by atoms with Crippen molar-refractivity contribution in [1.82, 2.24) is 9.97 Å². The number of hydrogen-bond acceptors (Lipinski definition) is 3. The molecule has 0 atom stereocenters. The number of hydrogen-bond donors (Lipinski definition) is 2. The lowest BCUT2D eigenvalue weighted by molar-refractivity contribution is 1.13. The highest BCUT2D eigenvalue weighted by molar-refractivity contribution is 9.10. The van der Waals surface area contributed by atoms with E-state index in [9.17, 15) is 0 Å². The van der Waals surface area contributed by atoms with Gasteiger partial charge in [0.05, 0.1) is 12.5 Å². The molecular formula is C8H8BrN3S. The smallest absolute Gasteiger partial charge is 0.123 e. The Morgan fingerprint density at radius 2 is 2.46 bits per heavy atom. The van der Waals surface area contributed by atoms with Crippen LogP contribution >= 0.6 is 27.3 Å². The third kappa shape index (κ3) is 2.10. The number of nitrogens with zero attached hydrogens (tertiary/aromatic N) is 1. The first-order valence-corrected chi connectivity index (χ1v) is 5.52. The highest BCUT2D eigenvalue weighted by atomic mass is 79.9. The van der Waals surface area contributed by atoms with E-state index in [2.05, 4.69) is 42.0 Å². The summed E-state index contributed by atoms with van der Waals surface area (Å²) >= 11 is 5.17. The van der Waals surface area contributed by atoms with Gasteiger partial charge in [-0.25, -0.2) is 4.98 Å². The van der Waals surface area contributed by atoms with Crippen LogP contribution in [0.1, 0.15) is 5.56 Å². The molecule has 68 valence electrons. The summed E-state index contributed by atoms with van der Waals surface area (Å²) in [4.78, 5) is 6.90. The average Bonchev–Trinajstić information content (AvgIpc) is 2.72. The molecule has 2 rings (SSSR count). The van der Waals surface area contributed by atoms with Gasteiger partial charge >= 0.3 is 0 Å². The summed E-state index contributed by atoms with van der Waals surface area (Å²) in [7, 11) is 0. The summed E-state index contributed by atoms with van der Waals surface area (Å²) in [6.07, 6.45) is 3.42. The molecule has 13 heavy (non-hydrogen) atoms. The predicted octanol–water partition coefficient (Wildman–Crippen LogP) is 2.85. The molecule has 0 amide bonds. The van der Waals surface area contributed by atoms with Gasteiger partial charge in [0.1, 0.15) is 5.82 Å². The van der Waals surface area contributed by atoms with E-state index in [0.717, 1.165) is 16.8 Å². The van der Waals surface area contributed by atoms with Crippen LogP contribution in [0.15, 0.2) is 27.8 Å². The summed E-state index contributed by atoms with van der Waals surface area (Å²) < 4.78 is 1.16. The van der Waals surface area contributed by atoms with Crippen LogP contribution in [0, 0.1) is 0 Å². The molecule has 0 saturated heterocycles. The minimum Gasteiger partial charge on any atom is -0.366 e. The van der Waals surface area contributed by atoms with E-state index in [1.807, 2.05) is 0 Å². The van der Waals surface area contributed by atoms with E-state index in [1.165, 1.54) is 5.56 Å². The number of H-pyrrole nitrogens is 1. The lowest BCUT2D eigenvalue weighted by Gasteiger charge is -2.01. The number of aromatic nitrogens is 2. The Balaban J connectivity index is 1.97. The number of halogens is 1. The van der Waals surface area contributed by atoms with Crippen molar-refractivity contribution in [2.24, 2.45) is 0 Å². The van der Waals surface area contributed by atoms with Gasteiger partial charge in [-0.3, -0.25) is 0 Å². The zero-order valence-corrected chi connectivity index (χ0v) is 9.15. The highest BCUT2D eigenvalue weighted by Crippen LogP contribution is 2.21. The van der Waals surface area contributed by atoms with E-state index in [4.69, 9.17) is 0 Å². The standard InChI is InChI=1S/C8H8BrN3S/c9-7-4-13-3-6(7)1-11-8-2-10-5-12-8/h2-5,11H,1H2,(H,10,12). The number of imidazole rings is 1. The second kappa shape index (κ2) is 3.93. The molecule has 0 aliphatic carbocycles. The van der Waals surface area contributed by atoms with Crippen LogP contribution in [-0.4, -0.2) is 9.97 Å². The molecule has 0 aliphatic rings. The van der Waals surface area contributed by atoms with Crippen LogP contribution in [0.4, 0.5) is 5.82 Å². The SMILES string of the molecule is Brc1cscc1CNc1cnc[nH]1. The van der Waals surface area contributed by atoms with Crippen molar-refractivity contribution in [2.45, 2.75) is 6.54 Å². The second-order valence-corrected chi connectivity index (χ2v) is 4.16. The molecule has 2 aromatic rings. The van der Waals surface area contributed by atoms with Crippen molar-refractivity contribution in [2.75, 3.05) is 5.32 Å². The second-order valence-electron chi connectivity index (χ2n) is 2.56. The Kier molecular flexibility index (Phi) is 2.65. The Hall–Kier alpha value is -0.810. The third-order valence-electron chi connectivity index (χ3n) is 1.66. The van der Waals surface area contributed by atoms with Crippen LogP contribution in [0.25, 0.3) is 0 Å². The van der Waals surface area contributed by atoms with Gasteiger partial charge in [-0.2, -0.15) is 11.3 Å². The lowest BCUT2D eigenvalue weighted by atomic mass is 10.3. The number of anilines is 1. The number of thiophene rings is 1. The van der Waals surface area contributed by atoms with E-state index in [1.54, 1.807) is 23.9 Å². The predicted molar refractivity (Wildman–Crippen MR) is 57.9 cm³/mol. The molecule has 0 fully saturated rings. The van der Waals surface area contributed by atoms with E-state index in [0.29, 0.717) is 0 Å². The fourth-order valence-electron chi connectivity index (χ4n) is 0.977. The number of rotatable bonds is 3. The summed E-state index contributed by atoms with van der Waals surface area (Å²) in [5, 5.41) is 7.42. The summed E-state index contributed by atoms with van der Waals surface area (Å²) in [6, 6.07) is 0. The normalized spacial score (nSPS) is 10.2. The van der Waals surface area contributed by atoms with E-state index in [-0.39, 0.29) is 0 Å². The first-order chi connectivity index (χ1) is 6.36. The van der Waals surface area contributed by atoms with Crippen LogP contribution < -0.4 is 5.32 Å².